The van der Waals surface area contributed by atoms with E-state index in [4.69, 9.17) is 4.74 Å². The molecule has 0 unspecified atom stereocenters. The minimum atomic E-state index is -0.413. The Hall–Kier alpha value is -2.85. The predicted octanol–water partition coefficient (Wildman–Crippen LogP) is 4.53. The van der Waals surface area contributed by atoms with Crippen molar-refractivity contribution < 1.29 is 29.0 Å². The molecule has 0 radical (unpaired) electrons. The summed E-state index contributed by atoms with van der Waals surface area (Å²) in [5.74, 6) is 0.586. The van der Waals surface area contributed by atoms with Crippen LogP contribution in [0.1, 0.15) is 25.0 Å². The summed E-state index contributed by atoms with van der Waals surface area (Å²) in [4.78, 5) is 37.2. The SMILES string of the molecule is CC(=O)N1CCc2cc(O)c(Br)cc21.COC(=O)C=CCOc1cc2c(cc1Br)N(C(C)=O)CC2. The fourth-order valence-corrected chi connectivity index (χ4v) is 4.68. The van der Waals surface area contributed by atoms with Crippen LogP contribution in [0.4, 0.5) is 11.4 Å². The molecule has 35 heavy (non-hydrogen) atoms. The highest BCUT2D eigenvalue weighted by Gasteiger charge is 2.24. The van der Waals surface area contributed by atoms with E-state index >= 15 is 0 Å². The lowest BCUT2D eigenvalue weighted by atomic mass is 10.1. The Bertz CT molecular complexity index is 1180. The minimum Gasteiger partial charge on any atom is -0.507 e. The summed E-state index contributed by atoms with van der Waals surface area (Å²) in [5, 5.41) is 9.46. The number of carbonyl (C=O) groups excluding carboxylic acids is 3. The molecule has 2 aromatic carbocycles. The molecule has 4 rings (SSSR count). The molecule has 2 amide bonds. The molecule has 2 aliphatic heterocycles. The first-order valence-corrected chi connectivity index (χ1v) is 12.5. The van der Waals surface area contributed by atoms with Crippen molar-refractivity contribution in [1.82, 2.24) is 0 Å². The van der Waals surface area contributed by atoms with Gasteiger partial charge in [-0.15, -0.1) is 0 Å². The maximum absolute atomic E-state index is 11.5. The van der Waals surface area contributed by atoms with Gasteiger partial charge in [-0.05, 0) is 86.2 Å². The number of phenols is 1. The number of methoxy groups -OCH3 is 1. The smallest absolute Gasteiger partial charge is 0.330 e. The molecule has 0 fully saturated rings. The van der Waals surface area contributed by atoms with Crippen molar-refractivity contribution in [1.29, 1.82) is 0 Å². The number of phenolic OH excluding ortho intramolecular Hbond substituents is 1. The highest BCUT2D eigenvalue weighted by Crippen LogP contribution is 2.38. The van der Waals surface area contributed by atoms with Crippen LogP contribution in [0.15, 0.2) is 45.4 Å². The number of aromatic hydroxyl groups is 1. The van der Waals surface area contributed by atoms with Crippen molar-refractivity contribution in [2.45, 2.75) is 26.7 Å². The molecule has 0 aromatic heterocycles. The monoisotopic (exact) mass is 608 g/mol. The highest BCUT2D eigenvalue weighted by atomic mass is 79.9. The molecule has 2 aliphatic rings. The van der Waals surface area contributed by atoms with E-state index in [2.05, 4.69) is 36.6 Å². The van der Waals surface area contributed by atoms with Gasteiger partial charge >= 0.3 is 5.97 Å². The van der Waals surface area contributed by atoms with E-state index in [1.54, 1.807) is 41.9 Å². The van der Waals surface area contributed by atoms with Crippen molar-refractivity contribution in [2.24, 2.45) is 0 Å². The van der Waals surface area contributed by atoms with E-state index in [-0.39, 0.29) is 24.2 Å². The fourth-order valence-electron chi connectivity index (χ4n) is 3.90. The van der Waals surface area contributed by atoms with E-state index < -0.39 is 5.97 Å². The van der Waals surface area contributed by atoms with E-state index in [0.29, 0.717) is 23.3 Å². The topological polar surface area (TPSA) is 96.4 Å². The molecular formula is C25H26Br2N2O6. The summed E-state index contributed by atoms with van der Waals surface area (Å²) < 4.78 is 11.5. The molecular weight excluding hydrogens is 584 g/mol. The molecule has 0 bridgehead atoms. The largest absolute Gasteiger partial charge is 0.507 e. The molecule has 186 valence electrons. The van der Waals surface area contributed by atoms with Gasteiger partial charge in [0.1, 0.15) is 18.1 Å². The highest BCUT2D eigenvalue weighted by molar-refractivity contribution is 9.10. The first-order valence-electron chi connectivity index (χ1n) is 10.9. The second kappa shape index (κ2) is 11.7. The average Bonchev–Trinajstić information content (AvgIpc) is 3.41. The third-order valence-corrected chi connectivity index (χ3v) is 6.88. The number of amides is 2. The van der Waals surface area contributed by atoms with Crippen LogP contribution in [-0.2, 0) is 32.0 Å². The van der Waals surface area contributed by atoms with Crippen LogP contribution >= 0.6 is 31.9 Å². The van der Waals surface area contributed by atoms with Gasteiger partial charge < -0.3 is 24.4 Å². The average molecular weight is 610 g/mol. The van der Waals surface area contributed by atoms with Crippen LogP contribution in [-0.4, -0.2) is 49.7 Å². The van der Waals surface area contributed by atoms with Crippen molar-refractivity contribution in [3.05, 3.63) is 56.5 Å². The summed E-state index contributed by atoms with van der Waals surface area (Å²) in [6, 6.07) is 7.32. The molecule has 0 atom stereocenters. The summed E-state index contributed by atoms with van der Waals surface area (Å²) in [7, 11) is 1.32. The predicted molar refractivity (Wildman–Crippen MR) is 140 cm³/mol. The van der Waals surface area contributed by atoms with Crippen molar-refractivity contribution >= 4 is 61.0 Å². The van der Waals surface area contributed by atoms with Crippen molar-refractivity contribution in [3.63, 3.8) is 0 Å². The van der Waals surface area contributed by atoms with Gasteiger partial charge in [-0.1, -0.05) is 0 Å². The molecule has 0 saturated carbocycles. The number of ether oxygens (including phenoxy) is 2. The van der Waals surface area contributed by atoms with Gasteiger partial charge in [0.25, 0.3) is 0 Å². The molecule has 1 N–H and O–H groups in total. The Morgan fingerprint density at radius 2 is 1.49 bits per heavy atom. The summed E-state index contributed by atoms with van der Waals surface area (Å²) >= 11 is 6.68. The third-order valence-electron chi connectivity index (χ3n) is 5.62. The Balaban J connectivity index is 0.000000211. The zero-order valence-electron chi connectivity index (χ0n) is 19.6. The van der Waals surface area contributed by atoms with Crippen molar-refractivity contribution in [3.8, 4) is 11.5 Å². The third kappa shape index (κ3) is 6.43. The second-order valence-corrected chi connectivity index (χ2v) is 9.63. The zero-order chi connectivity index (χ0) is 25.7. The van der Waals surface area contributed by atoms with Gasteiger partial charge in [0.15, 0.2) is 0 Å². The molecule has 0 spiro atoms. The minimum absolute atomic E-state index is 0.0373. The van der Waals surface area contributed by atoms with Gasteiger partial charge in [0.05, 0.1) is 16.1 Å². The normalized spacial score (nSPS) is 13.7. The number of esters is 1. The quantitative estimate of drug-likeness (QED) is 0.404. The van der Waals surface area contributed by atoms with E-state index in [0.717, 1.165) is 39.8 Å². The van der Waals surface area contributed by atoms with Crippen LogP contribution < -0.4 is 14.5 Å². The lowest BCUT2D eigenvalue weighted by Gasteiger charge is -2.16. The summed E-state index contributed by atoms with van der Waals surface area (Å²) in [5.41, 5.74) is 3.94. The lowest BCUT2D eigenvalue weighted by molar-refractivity contribution is -0.134. The fraction of sp³-hybridized carbons (Fsp3) is 0.320. The van der Waals surface area contributed by atoms with Crippen LogP contribution in [0, 0.1) is 0 Å². The van der Waals surface area contributed by atoms with Gasteiger partial charge in [-0.3, -0.25) is 9.59 Å². The number of hydrogen-bond acceptors (Lipinski definition) is 6. The number of carbonyl (C=O) groups is 3. The zero-order valence-corrected chi connectivity index (χ0v) is 22.8. The number of nitrogens with zero attached hydrogens (tertiary/aromatic N) is 2. The number of anilines is 2. The standard InChI is InChI=1S/C15H16BrNO4.C10H10BrNO2/c1-10(18)17-6-5-11-8-14(12(16)9-13(11)17)21-7-3-4-15(19)20-2;1-6(13)12-3-2-7-4-10(14)8(11)5-9(7)12/h3-4,8-9H,5-7H2,1-2H3;4-5,14H,2-3H2,1H3. The number of fused-ring (bicyclic) bond motifs is 2. The van der Waals surface area contributed by atoms with E-state index in [1.807, 2.05) is 12.1 Å². The Kier molecular flexibility index (Phi) is 8.96. The van der Waals surface area contributed by atoms with Crippen LogP contribution in [0.2, 0.25) is 0 Å². The van der Waals surface area contributed by atoms with E-state index in [1.165, 1.54) is 13.2 Å². The van der Waals surface area contributed by atoms with Crippen LogP contribution in [0.3, 0.4) is 0 Å². The first-order chi connectivity index (χ1) is 16.6. The lowest BCUT2D eigenvalue weighted by Crippen LogP contribution is -2.25. The molecule has 2 heterocycles. The molecule has 8 nitrogen and oxygen atoms in total. The number of halogens is 2. The maximum Gasteiger partial charge on any atom is 0.330 e. The van der Waals surface area contributed by atoms with Gasteiger partial charge in [-0.2, -0.15) is 0 Å². The Labute approximate surface area is 220 Å². The summed E-state index contributed by atoms with van der Waals surface area (Å²) in [6.07, 6.45) is 4.54. The van der Waals surface area contributed by atoms with Crippen LogP contribution in [0.5, 0.6) is 11.5 Å². The van der Waals surface area contributed by atoms with Crippen LogP contribution in [0.25, 0.3) is 0 Å². The van der Waals surface area contributed by atoms with Gasteiger partial charge in [0, 0.05) is 44.4 Å². The number of benzene rings is 2. The number of hydrogen-bond donors (Lipinski definition) is 1. The number of rotatable bonds is 4. The molecule has 0 aliphatic carbocycles. The molecule has 2 aromatic rings. The van der Waals surface area contributed by atoms with Gasteiger partial charge in [-0.25, -0.2) is 4.79 Å². The summed E-state index contributed by atoms with van der Waals surface area (Å²) in [6.45, 7) is 4.78. The first kappa shape index (κ1) is 26.7. The Morgan fingerprint density at radius 3 is 2.03 bits per heavy atom. The Morgan fingerprint density at radius 1 is 0.943 bits per heavy atom. The van der Waals surface area contributed by atoms with E-state index in [9.17, 15) is 19.5 Å². The second-order valence-electron chi connectivity index (χ2n) is 7.92. The van der Waals surface area contributed by atoms with Gasteiger partial charge in [0.2, 0.25) is 11.8 Å². The maximum atomic E-state index is 11.5. The molecule has 10 heteroatoms. The molecule has 0 saturated heterocycles. The van der Waals surface area contributed by atoms with Crippen molar-refractivity contribution in [2.75, 3.05) is 36.6 Å².